The van der Waals surface area contributed by atoms with Gasteiger partial charge in [0.05, 0.1) is 10.9 Å². The van der Waals surface area contributed by atoms with E-state index in [0.29, 0.717) is 34.5 Å². The summed E-state index contributed by atoms with van der Waals surface area (Å²) < 4.78 is 24.1. The van der Waals surface area contributed by atoms with Crippen molar-refractivity contribution < 1.29 is 18.0 Å². The monoisotopic (exact) mass is 570 g/mol. The average Bonchev–Trinajstić information content (AvgIpc) is 3.29. The topological polar surface area (TPSA) is 99.2 Å². The number of nitrogens with one attached hydrogen (secondary N) is 1. The van der Waals surface area contributed by atoms with Crippen molar-refractivity contribution in [3.05, 3.63) is 99.5 Å². The summed E-state index contributed by atoms with van der Waals surface area (Å²) in [7, 11) is -3.39. The zero-order chi connectivity index (χ0) is 27.0. The normalized spacial score (nSPS) is 19.8. The molecule has 1 N–H and O–H groups in total. The highest BCUT2D eigenvalue weighted by Crippen LogP contribution is 2.44. The number of urea groups is 1. The lowest BCUT2D eigenvalue weighted by Crippen LogP contribution is -2.55. The number of benzene rings is 3. The van der Waals surface area contributed by atoms with Crippen molar-refractivity contribution in [2.45, 2.75) is 17.0 Å². The fourth-order valence-corrected chi connectivity index (χ4v) is 5.65. The molecule has 2 aliphatic heterocycles. The summed E-state index contributed by atoms with van der Waals surface area (Å²) in [5, 5.41) is 3.78. The highest BCUT2D eigenvalue weighted by atomic mass is 35.5. The van der Waals surface area contributed by atoms with Gasteiger partial charge in [-0.15, -0.1) is 0 Å². The number of rotatable bonds is 4. The Balaban J connectivity index is 1.67. The van der Waals surface area contributed by atoms with Crippen molar-refractivity contribution in [2.24, 2.45) is 4.99 Å². The zero-order valence-corrected chi connectivity index (χ0v) is 22.7. The summed E-state index contributed by atoms with van der Waals surface area (Å²) in [5.41, 5.74) is 2.15. The minimum atomic E-state index is -3.39. The van der Waals surface area contributed by atoms with Gasteiger partial charge in [-0.05, 0) is 47.5 Å². The first-order chi connectivity index (χ1) is 18.1. The SMILES string of the molecule is CS(=O)(=O)c1ccc(C2N=C(c3cccc(Cl)c3)N(C(=O)N3CCNC(=O)C3)C2c2ccc(Cl)cc2)cc1. The van der Waals surface area contributed by atoms with Gasteiger partial charge in [0, 0.05) is 35.0 Å². The Labute approximate surface area is 230 Å². The van der Waals surface area contributed by atoms with Crippen LogP contribution in [-0.2, 0) is 14.6 Å². The minimum Gasteiger partial charge on any atom is -0.353 e. The number of carbonyl (C=O) groups is 2. The van der Waals surface area contributed by atoms with E-state index in [9.17, 15) is 18.0 Å². The van der Waals surface area contributed by atoms with E-state index in [0.717, 1.165) is 17.4 Å². The number of nitrogens with zero attached hydrogens (tertiary/aromatic N) is 3. The summed E-state index contributed by atoms with van der Waals surface area (Å²) in [6.07, 6.45) is 1.15. The van der Waals surface area contributed by atoms with Gasteiger partial charge in [0.15, 0.2) is 9.84 Å². The van der Waals surface area contributed by atoms with E-state index in [-0.39, 0.29) is 23.4 Å². The van der Waals surface area contributed by atoms with Crippen LogP contribution in [0.2, 0.25) is 10.0 Å². The lowest BCUT2D eigenvalue weighted by Gasteiger charge is -2.35. The van der Waals surface area contributed by atoms with Crippen LogP contribution in [0.5, 0.6) is 0 Å². The number of hydrogen-bond acceptors (Lipinski definition) is 5. The van der Waals surface area contributed by atoms with E-state index in [1.807, 2.05) is 18.2 Å². The van der Waals surface area contributed by atoms with Gasteiger partial charge in [0.25, 0.3) is 0 Å². The van der Waals surface area contributed by atoms with Crippen LogP contribution in [0, 0.1) is 0 Å². The lowest BCUT2D eigenvalue weighted by atomic mass is 9.93. The number of hydrogen-bond donors (Lipinski definition) is 1. The van der Waals surface area contributed by atoms with Crippen molar-refractivity contribution in [1.82, 2.24) is 15.1 Å². The Bertz CT molecular complexity index is 1530. The fraction of sp³-hybridized carbons (Fsp3) is 0.222. The molecule has 1 fully saturated rings. The van der Waals surface area contributed by atoms with Crippen LogP contribution in [0.15, 0.2) is 82.7 Å². The number of carbonyl (C=O) groups excluding carboxylic acids is 2. The second-order valence-corrected chi connectivity index (χ2v) is 12.1. The molecule has 2 heterocycles. The van der Waals surface area contributed by atoms with Crippen LogP contribution >= 0.6 is 23.2 Å². The zero-order valence-electron chi connectivity index (χ0n) is 20.3. The Morgan fingerprint density at radius 3 is 2.29 bits per heavy atom. The smallest absolute Gasteiger partial charge is 0.326 e. The van der Waals surface area contributed by atoms with Gasteiger partial charge in [-0.3, -0.25) is 14.7 Å². The molecule has 0 bridgehead atoms. The van der Waals surface area contributed by atoms with E-state index in [1.165, 1.54) is 17.0 Å². The summed E-state index contributed by atoms with van der Waals surface area (Å²) in [5.74, 6) is 0.168. The first kappa shape index (κ1) is 26.2. The quantitative estimate of drug-likeness (QED) is 0.499. The summed E-state index contributed by atoms with van der Waals surface area (Å²) in [6, 6.07) is 19.2. The molecule has 2 atom stereocenters. The number of sulfone groups is 1. The molecule has 0 spiro atoms. The molecule has 0 aliphatic carbocycles. The van der Waals surface area contributed by atoms with Gasteiger partial charge in [0.2, 0.25) is 5.91 Å². The van der Waals surface area contributed by atoms with Crippen LogP contribution < -0.4 is 5.32 Å². The van der Waals surface area contributed by atoms with Crippen LogP contribution in [0.1, 0.15) is 28.8 Å². The van der Waals surface area contributed by atoms with Crippen molar-refractivity contribution >= 4 is 50.8 Å². The molecule has 8 nitrogen and oxygen atoms in total. The van der Waals surface area contributed by atoms with Crippen LogP contribution in [0.4, 0.5) is 4.79 Å². The van der Waals surface area contributed by atoms with Crippen molar-refractivity contribution in [1.29, 1.82) is 0 Å². The molecule has 5 rings (SSSR count). The fourth-order valence-electron chi connectivity index (χ4n) is 4.70. The molecular weight excluding hydrogens is 547 g/mol. The van der Waals surface area contributed by atoms with Gasteiger partial charge in [-0.1, -0.05) is 59.6 Å². The van der Waals surface area contributed by atoms with E-state index in [1.54, 1.807) is 47.4 Å². The molecule has 3 amide bonds. The molecule has 3 aromatic rings. The molecule has 0 saturated carbocycles. The van der Waals surface area contributed by atoms with Gasteiger partial charge < -0.3 is 10.2 Å². The Morgan fingerprint density at radius 2 is 1.66 bits per heavy atom. The Hall–Kier alpha value is -3.40. The van der Waals surface area contributed by atoms with Crippen molar-refractivity contribution in [3.63, 3.8) is 0 Å². The number of amidine groups is 1. The molecule has 196 valence electrons. The summed E-state index contributed by atoms with van der Waals surface area (Å²) in [6.45, 7) is 0.633. The maximum atomic E-state index is 14.1. The number of piperazine rings is 1. The first-order valence-corrected chi connectivity index (χ1v) is 14.5. The second-order valence-electron chi connectivity index (χ2n) is 9.17. The van der Waals surface area contributed by atoms with E-state index >= 15 is 0 Å². The Kier molecular flexibility index (Phi) is 7.17. The predicted molar refractivity (Wildman–Crippen MR) is 146 cm³/mol. The van der Waals surface area contributed by atoms with Crippen molar-refractivity contribution in [3.8, 4) is 0 Å². The molecule has 38 heavy (non-hydrogen) atoms. The highest BCUT2D eigenvalue weighted by molar-refractivity contribution is 7.90. The van der Waals surface area contributed by atoms with E-state index < -0.39 is 21.9 Å². The molecule has 11 heteroatoms. The van der Waals surface area contributed by atoms with Crippen LogP contribution in [-0.4, -0.2) is 61.9 Å². The Morgan fingerprint density at radius 1 is 0.974 bits per heavy atom. The molecular formula is C27H24Cl2N4O4S. The molecule has 0 aromatic heterocycles. The summed E-state index contributed by atoms with van der Waals surface area (Å²) >= 11 is 12.5. The maximum absolute atomic E-state index is 14.1. The third-order valence-corrected chi connectivity index (χ3v) is 8.14. The largest absolute Gasteiger partial charge is 0.353 e. The number of amides is 3. The first-order valence-electron chi connectivity index (χ1n) is 11.9. The third kappa shape index (κ3) is 5.27. The van der Waals surface area contributed by atoms with Gasteiger partial charge in [0.1, 0.15) is 18.4 Å². The lowest BCUT2D eigenvalue weighted by molar-refractivity contribution is -0.123. The highest BCUT2D eigenvalue weighted by Gasteiger charge is 2.44. The standard InChI is InChI=1S/C27H24Cl2N4O4S/c1-38(36,37)22-11-7-17(8-12-22)24-25(18-5-9-20(28)10-6-18)33(27(35)32-14-13-30-23(34)16-32)26(31-24)19-3-2-4-21(29)15-19/h2-12,15,24-25H,13-14,16H2,1H3,(H,30,34). The van der Waals surface area contributed by atoms with Gasteiger partial charge in [-0.2, -0.15) is 0 Å². The minimum absolute atomic E-state index is 0.0702. The van der Waals surface area contributed by atoms with Crippen LogP contribution in [0.25, 0.3) is 0 Å². The molecule has 0 radical (unpaired) electrons. The molecule has 1 saturated heterocycles. The summed E-state index contributed by atoms with van der Waals surface area (Å²) in [4.78, 5) is 34.5. The van der Waals surface area contributed by atoms with E-state index in [2.05, 4.69) is 5.32 Å². The molecule has 3 aromatic carbocycles. The van der Waals surface area contributed by atoms with Gasteiger partial charge in [-0.25, -0.2) is 13.2 Å². The van der Waals surface area contributed by atoms with Gasteiger partial charge >= 0.3 is 6.03 Å². The third-order valence-electron chi connectivity index (χ3n) is 6.53. The number of halogens is 2. The van der Waals surface area contributed by atoms with Crippen LogP contribution in [0.3, 0.4) is 0 Å². The van der Waals surface area contributed by atoms with Crippen molar-refractivity contribution in [2.75, 3.05) is 25.9 Å². The average molecular weight is 571 g/mol. The second kappa shape index (κ2) is 10.4. The molecule has 2 unspecified atom stereocenters. The van der Waals surface area contributed by atoms with E-state index in [4.69, 9.17) is 28.2 Å². The predicted octanol–water partition coefficient (Wildman–Crippen LogP) is 4.49. The maximum Gasteiger partial charge on any atom is 0.326 e. The number of aliphatic imine (C=N–C) groups is 1. The molecule has 2 aliphatic rings.